The number of nitrogens with zero attached hydrogens (tertiary/aromatic N) is 2. The number of carbonyl (C=O) groups excluding carboxylic acids is 1. The van der Waals surface area contributed by atoms with E-state index in [2.05, 4.69) is 12.0 Å². The number of hydrogen-bond donors (Lipinski definition) is 1. The molecule has 1 unspecified atom stereocenters. The summed E-state index contributed by atoms with van der Waals surface area (Å²) in [4.78, 5) is 17.6. The predicted molar refractivity (Wildman–Crippen MR) is 135 cm³/mol. The molecule has 0 saturated heterocycles. The number of rotatable bonds is 9. The van der Waals surface area contributed by atoms with E-state index in [1.165, 1.54) is 10.6 Å². The van der Waals surface area contributed by atoms with Gasteiger partial charge in [-0.2, -0.15) is 4.98 Å². The fourth-order valence-electron chi connectivity index (χ4n) is 4.01. The molecule has 1 aliphatic rings. The van der Waals surface area contributed by atoms with Gasteiger partial charge in [0, 0.05) is 19.2 Å². The van der Waals surface area contributed by atoms with Crippen LogP contribution in [0.15, 0.2) is 34.7 Å². The molecule has 0 spiro atoms. The van der Waals surface area contributed by atoms with Crippen LogP contribution in [0.1, 0.15) is 46.7 Å². The van der Waals surface area contributed by atoms with E-state index in [1.54, 1.807) is 7.05 Å². The Bertz CT molecular complexity index is 1280. The third kappa shape index (κ3) is 4.92. The quantitative estimate of drug-likeness (QED) is 0.354. The van der Waals surface area contributed by atoms with E-state index < -0.39 is 10.0 Å². The van der Waals surface area contributed by atoms with Crippen molar-refractivity contribution in [3.63, 3.8) is 0 Å². The lowest BCUT2D eigenvalue weighted by Gasteiger charge is -2.23. The lowest BCUT2D eigenvalue weighted by atomic mass is 10.0. The number of pyridine rings is 1. The van der Waals surface area contributed by atoms with Crippen molar-refractivity contribution in [2.45, 2.75) is 32.1 Å². The Labute approximate surface area is 196 Å². The lowest BCUT2D eigenvalue weighted by Crippen LogP contribution is -2.32. The number of fused-ring (bicyclic) bond motifs is 1. The summed E-state index contributed by atoms with van der Waals surface area (Å²) < 4.78 is 33.0. The van der Waals surface area contributed by atoms with Gasteiger partial charge in [0.15, 0.2) is 0 Å². The molecule has 1 aromatic carbocycles. The number of benzene rings is 1. The average molecular weight is 488 g/mol. The first-order chi connectivity index (χ1) is 15.7. The molecule has 0 aliphatic heterocycles. The summed E-state index contributed by atoms with van der Waals surface area (Å²) in [6, 6.07) is 9.67. The first kappa shape index (κ1) is 23.7. The van der Waals surface area contributed by atoms with Crippen LogP contribution in [-0.4, -0.2) is 52.0 Å². The van der Waals surface area contributed by atoms with E-state index in [0.717, 1.165) is 50.7 Å². The van der Waals surface area contributed by atoms with Crippen molar-refractivity contribution in [2.24, 2.45) is 0 Å². The zero-order valence-corrected chi connectivity index (χ0v) is 21.3. The Kier molecular flexibility index (Phi) is 6.78. The summed E-state index contributed by atoms with van der Waals surface area (Å²) >= 11 is 0. The van der Waals surface area contributed by atoms with Gasteiger partial charge >= 0.3 is 0 Å². The highest BCUT2D eigenvalue weighted by Gasteiger charge is 2.34. The Hall–Kier alpha value is -2.44. The second kappa shape index (κ2) is 9.43. The highest BCUT2D eigenvalue weighted by molar-refractivity contribution is 7.92. The van der Waals surface area contributed by atoms with Crippen molar-refractivity contribution in [1.29, 1.82) is 0 Å². The van der Waals surface area contributed by atoms with Gasteiger partial charge in [0.05, 0.1) is 17.2 Å². The zero-order chi connectivity index (χ0) is 23.8. The number of anilines is 1. The SMILES string of the molecule is CNC(=O)c1c(-c2ccc(C)cc2)oc2nc(N(CCCPC)S(C)(=O)=O)c(C3CC3)cc12. The Balaban J connectivity index is 1.93. The van der Waals surface area contributed by atoms with E-state index >= 15 is 0 Å². The van der Waals surface area contributed by atoms with Gasteiger partial charge in [0.25, 0.3) is 5.91 Å². The van der Waals surface area contributed by atoms with Crippen molar-refractivity contribution in [3.05, 3.63) is 47.0 Å². The Morgan fingerprint density at radius 3 is 2.55 bits per heavy atom. The van der Waals surface area contributed by atoms with Crippen molar-refractivity contribution in [3.8, 4) is 11.3 Å². The van der Waals surface area contributed by atoms with Gasteiger partial charge in [-0.05, 0) is 56.6 Å². The van der Waals surface area contributed by atoms with Crippen LogP contribution < -0.4 is 9.62 Å². The standard InChI is InChI=1S/C24H30N3O4PS/c1-15-6-8-17(9-7-15)21-20(23(28)25-2)19-14-18(16-10-11-16)22(26-24(19)31-21)27(33(4,29)30)12-5-13-32-3/h6-9,14,16,32H,5,10-13H2,1-4H3,(H,25,28). The molecule has 1 saturated carbocycles. The zero-order valence-electron chi connectivity index (χ0n) is 19.4. The van der Waals surface area contributed by atoms with Crippen molar-refractivity contribution < 1.29 is 17.6 Å². The fourth-order valence-corrected chi connectivity index (χ4v) is 5.44. The largest absolute Gasteiger partial charge is 0.437 e. The molecule has 1 N–H and O–H groups in total. The van der Waals surface area contributed by atoms with Gasteiger partial charge in [-0.25, -0.2) is 8.42 Å². The summed E-state index contributed by atoms with van der Waals surface area (Å²) in [5, 5.41) is 3.32. The van der Waals surface area contributed by atoms with Gasteiger partial charge < -0.3 is 9.73 Å². The molecule has 4 rings (SSSR count). The number of aromatic nitrogens is 1. The fraction of sp³-hybridized carbons (Fsp3) is 0.417. The number of amides is 1. The van der Waals surface area contributed by atoms with Crippen LogP contribution in [0.25, 0.3) is 22.4 Å². The van der Waals surface area contributed by atoms with Crippen LogP contribution in [0.3, 0.4) is 0 Å². The van der Waals surface area contributed by atoms with E-state index in [-0.39, 0.29) is 17.5 Å². The summed E-state index contributed by atoms with van der Waals surface area (Å²) in [5.74, 6) is 0.849. The van der Waals surface area contributed by atoms with Crippen LogP contribution in [-0.2, 0) is 10.0 Å². The number of carbonyl (C=O) groups is 1. The number of nitrogens with one attached hydrogen (secondary N) is 1. The van der Waals surface area contributed by atoms with Gasteiger partial charge in [0.2, 0.25) is 15.7 Å². The smallest absolute Gasteiger partial charge is 0.255 e. The van der Waals surface area contributed by atoms with Crippen molar-refractivity contribution in [1.82, 2.24) is 10.3 Å². The highest BCUT2D eigenvalue weighted by atomic mass is 32.2. The molecule has 0 radical (unpaired) electrons. The Morgan fingerprint density at radius 2 is 1.97 bits per heavy atom. The van der Waals surface area contributed by atoms with Crippen molar-refractivity contribution in [2.75, 3.05) is 37.0 Å². The maximum Gasteiger partial charge on any atom is 0.255 e. The highest BCUT2D eigenvalue weighted by Crippen LogP contribution is 2.46. The minimum absolute atomic E-state index is 0.240. The molecule has 1 amide bonds. The first-order valence-electron chi connectivity index (χ1n) is 11.1. The van der Waals surface area contributed by atoms with Gasteiger partial charge in [-0.15, -0.1) is 8.58 Å². The monoisotopic (exact) mass is 487 g/mol. The molecular weight excluding hydrogens is 457 g/mol. The van der Waals surface area contributed by atoms with Crippen molar-refractivity contribution >= 4 is 41.4 Å². The third-order valence-electron chi connectivity index (χ3n) is 5.90. The Morgan fingerprint density at radius 1 is 1.27 bits per heavy atom. The molecule has 7 nitrogen and oxygen atoms in total. The van der Waals surface area contributed by atoms with E-state index in [9.17, 15) is 13.2 Å². The molecule has 9 heteroatoms. The lowest BCUT2D eigenvalue weighted by molar-refractivity contribution is 0.0964. The molecule has 1 fully saturated rings. The molecule has 176 valence electrons. The molecule has 3 aromatic rings. The molecule has 2 aromatic heterocycles. The molecule has 33 heavy (non-hydrogen) atoms. The maximum absolute atomic E-state index is 12.9. The van der Waals surface area contributed by atoms with Gasteiger partial charge in [0.1, 0.15) is 11.6 Å². The van der Waals surface area contributed by atoms with E-state index in [4.69, 9.17) is 9.40 Å². The number of hydrogen-bond acceptors (Lipinski definition) is 5. The summed E-state index contributed by atoms with van der Waals surface area (Å²) in [7, 11) is -1.17. The molecule has 0 bridgehead atoms. The molecule has 1 atom stereocenters. The molecular formula is C24H30N3O4PS. The van der Waals surface area contributed by atoms with E-state index in [0.29, 0.717) is 29.1 Å². The number of aryl methyl sites for hydroxylation is 1. The van der Waals surface area contributed by atoms with Crippen LogP contribution in [0.2, 0.25) is 0 Å². The van der Waals surface area contributed by atoms with Crippen LogP contribution in [0.4, 0.5) is 5.82 Å². The van der Waals surface area contributed by atoms with Crippen LogP contribution in [0.5, 0.6) is 0 Å². The third-order valence-corrected chi connectivity index (χ3v) is 7.91. The summed E-state index contributed by atoms with van der Waals surface area (Å²) in [6.07, 6.45) is 4.91. The van der Waals surface area contributed by atoms with Gasteiger partial charge in [-0.1, -0.05) is 29.8 Å². The van der Waals surface area contributed by atoms with Gasteiger partial charge in [-0.3, -0.25) is 9.10 Å². The maximum atomic E-state index is 12.9. The minimum atomic E-state index is -3.52. The minimum Gasteiger partial charge on any atom is -0.437 e. The average Bonchev–Trinajstić information content (AvgIpc) is 3.55. The second-order valence-electron chi connectivity index (χ2n) is 8.57. The summed E-state index contributed by atoms with van der Waals surface area (Å²) in [5.41, 5.74) is 3.44. The number of sulfonamides is 1. The van der Waals surface area contributed by atoms with Crippen LogP contribution in [0, 0.1) is 6.92 Å². The predicted octanol–water partition coefficient (Wildman–Crippen LogP) is 4.50. The number of furan rings is 1. The summed E-state index contributed by atoms with van der Waals surface area (Å²) in [6.45, 7) is 4.49. The normalized spacial score (nSPS) is 14.3. The second-order valence-corrected chi connectivity index (χ2v) is 11.7. The van der Waals surface area contributed by atoms with E-state index in [1.807, 2.05) is 37.3 Å². The molecule has 1 aliphatic carbocycles. The first-order valence-corrected chi connectivity index (χ1v) is 14.7. The topological polar surface area (TPSA) is 92.5 Å². The van der Waals surface area contributed by atoms with Crippen LogP contribution >= 0.6 is 8.58 Å². The molecule has 2 heterocycles.